The summed E-state index contributed by atoms with van der Waals surface area (Å²) in [6.07, 6.45) is 7.35. The molecule has 0 saturated carbocycles. The molecule has 2 saturated heterocycles. The van der Waals surface area contributed by atoms with Crippen molar-refractivity contribution < 1.29 is 37.8 Å². The van der Waals surface area contributed by atoms with Crippen molar-refractivity contribution in [1.82, 2.24) is 29.9 Å². The summed E-state index contributed by atoms with van der Waals surface area (Å²) in [5.41, 5.74) is 8.88. The molecular formula is C39H39Cl2FN8O7. The lowest BCUT2D eigenvalue weighted by atomic mass is 10.0. The Morgan fingerprint density at radius 2 is 1.81 bits per heavy atom. The molecule has 0 radical (unpaired) electrons. The summed E-state index contributed by atoms with van der Waals surface area (Å²) >= 11 is 12.3. The Balaban J connectivity index is 0.833. The van der Waals surface area contributed by atoms with Crippen LogP contribution in [-0.4, -0.2) is 99.6 Å². The molecule has 3 aliphatic heterocycles. The Morgan fingerprint density at radius 1 is 1.00 bits per heavy atom. The number of piperidine rings is 2. The molecule has 2 aromatic carbocycles. The van der Waals surface area contributed by atoms with E-state index in [1.807, 2.05) is 15.8 Å². The number of rotatable bonds is 14. The number of nitrogen functional groups attached to an aromatic ring is 1. The highest BCUT2D eigenvalue weighted by Crippen LogP contribution is 2.33. The van der Waals surface area contributed by atoms with Crippen molar-refractivity contribution in [2.75, 3.05) is 50.5 Å². The van der Waals surface area contributed by atoms with Crippen LogP contribution >= 0.6 is 23.2 Å². The van der Waals surface area contributed by atoms with Gasteiger partial charge in [-0.15, -0.1) is 0 Å². The van der Waals surface area contributed by atoms with Gasteiger partial charge in [0.1, 0.15) is 11.9 Å². The third-order valence-corrected chi connectivity index (χ3v) is 11.0. The van der Waals surface area contributed by atoms with E-state index in [0.717, 1.165) is 28.9 Å². The Hall–Kier alpha value is -5.58. The molecule has 298 valence electrons. The second-order valence-corrected chi connectivity index (χ2v) is 14.6. The van der Waals surface area contributed by atoms with Gasteiger partial charge >= 0.3 is 0 Å². The standard InChI is InChI=1S/C39H39Cl2FN8O7/c40-27-4-5-28(42)35(41)25(27)10-16-57-31-18-22(19-45-36(31)43)23-20-46-49(21-23)24-8-13-48(14-9-24)33(52)11-15-56-17-12-44-29-3-1-2-26-34(29)39(55)50(38(26)54)30-6-7-32(51)47-37(30)53/h1-5,18-21,24,30,44H,6-17H2,(H2,43,45)(H,47,51,53)/t30-/m1/s1. The zero-order chi connectivity index (χ0) is 40.2. The Morgan fingerprint density at radius 3 is 2.60 bits per heavy atom. The first-order valence-electron chi connectivity index (χ1n) is 18.5. The van der Waals surface area contributed by atoms with Crippen molar-refractivity contribution in [3.8, 4) is 16.9 Å². The minimum atomic E-state index is -1.04. The number of hydrogen-bond donors (Lipinski definition) is 3. The molecule has 2 aromatic heterocycles. The average Bonchev–Trinajstić information content (AvgIpc) is 3.80. The summed E-state index contributed by atoms with van der Waals surface area (Å²) < 4.78 is 27.4. The second-order valence-electron chi connectivity index (χ2n) is 13.8. The summed E-state index contributed by atoms with van der Waals surface area (Å²) in [6, 6.07) is 8.34. The third-order valence-electron chi connectivity index (χ3n) is 10.2. The Kier molecular flexibility index (Phi) is 12.0. The average molecular weight is 822 g/mol. The molecule has 0 bridgehead atoms. The molecule has 7 rings (SSSR count). The number of nitrogens with zero attached hydrogens (tertiary/aromatic N) is 5. The van der Waals surface area contributed by atoms with E-state index in [0.29, 0.717) is 41.7 Å². The lowest BCUT2D eigenvalue weighted by Gasteiger charge is -2.32. The highest BCUT2D eigenvalue weighted by molar-refractivity contribution is 6.36. The van der Waals surface area contributed by atoms with E-state index in [2.05, 4.69) is 20.7 Å². The number of nitrogens with two attached hydrogens (primary N) is 1. The molecule has 0 spiro atoms. The summed E-state index contributed by atoms with van der Waals surface area (Å²) in [7, 11) is 0. The predicted molar refractivity (Wildman–Crippen MR) is 207 cm³/mol. The number of carbonyl (C=O) groups excluding carboxylic acids is 5. The van der Waals surface area contributed by atoms with Crippen LogP contribution in [0.25, 0.3) is 11.1 Å². The quantitative estimate of drug-likeness (QED) is 0.0910. The first kappa shape index (κ1) is 39.6. The number of nitrogens with one attached hydrogen (secondary N) is 2. The number of ether oxygens (including phenoxy) is 2. The van der Waals surface area contributed by atoms with Gasteiger partial charge in [0.15, 0.2) is 11.6 Å². The van der Waals surface area contributed by atoms with Gasteiger partial charge in [0, 0.05) is 66.7 Å². The number of fused-ring (bicyclic) bond motifs is 1. The molecule has 18 heteroatoms. The molecule has 5 heterocycles. The lowest BCUT2D eigenvalue weighted by molar-refractivity contribution is -0.136. The fourth-order valence-corrected chi connectivity index (χ4v) is 7.76. The second kappa shape index (κ2) is 17.3. The first-order valence-corrected chi connectivity index (χ1v) is 19.2. The minimum absolute atomic E-state index is 0.0106. The molecule has 57 heavy (non-hydrogen) atoms. The number of amides is 5. The monoisotopic (exact) mass is 820 g/mol. The topological polar surface area (TPSA) is 191 Å². The Labute approximate surface area is 336 Å². The van der Waals surface area contributed by atoms with Gasteiger partial charge in [-0.2, -0.15) is 5.10 Å². The largest absolute Gasteiger partial charge is 0.489 e. The first-order chi connectivity index (χ1) is 27.5. The van der Waals surface area contributed by atoms with E-state index in [-0.39, 0.29) is 79.4 Å². The number of pyridine rings is 1. The van der Waals surface area contributed by atoms with Gasteiger partial charge < -0.3 is 25.4 Å². The van der Waals surface area contributed by atoms with Crippen molar-refractivity contribution in [2.24, 2.45) is 0 Å². The van der Waals surface area contributed by atoms with Crippen LogP contribution in [0.3, 0.4) is 0 Å². The maximum Gasteiger partial charge on any atom is 0.264 e. The van der Waals surface area contributed by atoms with E-state index in [1.54, 1.807) is 30.6 Å². The molecule has 15 nitrogen and oxygen atoms in total. The molecule has 4 aromatic rings. The highest BCUT2D eigenvalue weighted by atomic mass is 35.5. The van der Waals surface area contributed by atoms with Crippen LogP contribution in [0.1, 0.15) is 64.4 Å². The van der Waals surface area contributed by atoms with Gasteiger partial charge in [-0.05, 0) is 55.2 Å². The molecule has 2 fully saturated rings. The SMILES string of the molecule is Nc1ncc(-c2cnn(C3CCN(C(=O)CCOCCNc4cccc5c4C(=O)N([C@@H]4CCC(=O)NC4=O)C5=O)CC3)c2)cc1OCCc1c(Cl)ccc(F)c1Cl. The summed E-state index contributed by atoms with van der Waals surface area (Å²) in [5, 5.41) is 10.2. The van der Waals surface area contributed by atoms with Gasteiger partial charge in [0.05, 0.1) is 54.6 Å². The fourth-order valence-electron chi connectivity index (χ4n) is 7.20. The van der Waals surface area contributed by atoms with E-state index in [9.17, 15) is 28.4 Å². The van der Waals surface area contributed by atoms with E-state index < -0.39 is 35.5 Å². The zero-order valence-corrected chi connectivity index (χ0v) is 32.2. The van der Waals surface area contributed by atoms with Crippen molar-refractivity contribution in [3.63, 3.8) is 0 Å². The van der Waals surface area contributed by atoms with E-state index in [1.165, 1.54) is 18.2 Å². The van der Waals surface area contributed by atoms with Crippen LogP contribution in [0.15, 0.2) is 55.0 Å². The number of anilines is 2. The van der Waals surface area contributed by atoms with Crippen molar-refractivity contribution >= 4 is 64.2 Å². The molecule has 0 aliphatic carbocycles. The van der Waals surface area contributed by atoms with Crippen LogP contribution in [-0.2, 0) is 25.5 Å². The van der Waals surface area contributed by atoms with Crippen LogP contribution in [0.5, 0.6) is 5.75 Å². The van der Waals surface area contributed by atoms with Crippen molar-refractivity contribution in [3.05, 3.63) is 87.5 Å². The van der Waals surface area contributed by atoms with Crippen LogP contribution in [0.2, 0.25) is 10.0 Å². The number of hydrogen-bond acceptors (Lipinski definition) is 11. The maximum absolute atomic E-state index is 13.9. The summed E-state index contributed by atoms with van der Waals surface area (Å²) in [4.78, 5) is 70.3. The zero-order valence-electron chi connectivity index (χ0n) is 30.6. The number of likely N-dealkylation sites (tertiary alicyclic amines) is 1. The molecule has 1 atom stereocenters. The lowest BCUT2D eigenvalue weighted by Crippen LogP contribution is -2.54. The summed E-state index contributed by atoms with van der Waals surface area (Å²) in [6.45, 7) is 2.06. The number of carbonyl (C=O) groups is 5. The normalized spacial score (nSPS) is 17.2. The Bertz CT molecular complexity index is 2230. The van der Waals surface area contributed by atoms with E-state index >= 15 is 0 Å². The third kappa shape index (κ3) is 8.57. The maximum atomic E-state index is 13.9. The molecule has 4 N–H and O–H groups in total. The summed E-state index contributed by atoms with van der Waals surface area (Å²) in [5.74, 6) is -2.27. The van der Waals surface area contributed by atoms with Crippen molar-refractivity contribution in [2.45, 2.75) is 50.6 Å². The van der Waals surface area contributed by atoms with Crippen LogP contribution < -0.4 is 21.1 Å². The number of aromatic nitrogens is 3. The van der Waals surface area contributed by atoms with Crippen LogP contribution in [0.4, 0.5) is 15.9 Å². The van der Waals surface area contributed by atoms with Gasteiger partial charge in [-0.3, -0.25) is 38.9 Å². The minimum Gasteiger partial charge on any atom is -0.489 e. The number of imide groups is 2. The number of halogens is 3. The van der Waals surface area contributed by atoms with Gasteiger partial charge in [0.25, 0.3) is 11.8 Å². The van der Waals surface area contributed by atoms with Crippen molar-refractivity contribution in [1.29, 1.82) is 0 Å². The van der Waals surface area contributed by atoms with Gasteiger partial charge in [-0.1, -0.05) is 29.3 Å². The van der Waals surface area contributed by atoms with E-state index in [4.69, 9.17) is 38.4 Å². The highest BCUT2D eigenvalue weighted by Gasteiger charge is 2.45. The number of benzene rings is 2. The van der Waals surface area contributed by atoms with Gasteiger partial charge in [-0.25, -0.2) is 9.37 Å². The molecule has 5 amide bonds. The van der Waals surface area contributed by atoms with Gasteiger partial charge in [0.2, 0.25) is 17.7 Å². The predicted octanol–water partition coefficient (Wildman–Crippen LogP) is 4.68. The smallest absolute Gasteiger partial charge is 0.264 e. The molecular weight excluding hydrogens is 782 g/mol. The molecule has 3 aliphatic rings. The van der Waals surface area contributed by atoms with Crippen LogP contribution in [0, 0.1) is 5.82 Å². The fraction of sp³-hybridized carbons (Fsp3) is 0.359. The molecule has 0 unspecified atom stereocenters.